The predicted molar refractivity (Wildman–Crippen MR) is 66.7 cm³/mol. The molecule has 2 rings (SSSR count). The minimum atomic E-state index is -0.883. The lowest BCUT2D eigenvalue weighted by Crippen LogP contribution is -2.47. The molecule has 0 aromatic rings. The van der Waals surface area contributed by atoms with Crippen LogP contribution in [0.1, 0.15) is 39.0 Å². The second kappa shape index (κ2) is 4.94. The summed E-state index contributed by atoms with van der Waals surface area (Å²) in [5.41, 5.74) is 6.16. The van der Waals surface area contributed by atoms with Crippen molar-refractivity contribution in [1.82, 2.24) is 4.90 Å². The number of hydrogen-bond acceptors (Lipinski definition) is 3. The number of rotatable bonds is 4. The van der Waals surface area contributed by atoms with Gasteiger partial charge in [-0.1, -0.05) is 6.92 Å². The van der Waals surface area contributed by atoms with Gasteiger partial charge in [0.25, 0.3) is 0 Å². The van der Waals surface area contributed by atoms with Crippen molar-refractivity contribution in [2.75, 3.05) is 19.6 Å². The number of likely N-dealkylation sites (tertiary alicyclic amines) is 1. The zero-order valence-corrected chi connectivity index (χ0v) is 10.7. The van der Waals surface area contributed by atoms with Crippen LogP contribution in [0.5, 0.6) is 0 Å². The van der Waals surface area contributed by atoms with E-state index in [-0.39, 0.29) is 0 Å². The van der Waals surface area contributed by atoms with E-state index in [9.17, 15) is 4.79 Å². The van der Waals surface area contributed by atoms with Gasteiger partial charge in [0.15, 0.2) is 0 Å². The summed E-state index contributed by atoms with van der Waals surface area (Å²) < 4.78 is 0. The van der Waals surface area contributed by atoms with Gasteiger partial charge in [-0.15, -0.1) is 0 Å². The first-order chi connectivity index (χ1) is 8.01. The molecule has 0 amide bonds. The number of nitrogens with two attached hydrogens (primary N) is 1. The van der Waals surface area contributed by atoms with E-state index in [1.54, 1.807) is 0 Å². The molecule has 1 spiro atoms. The molecule has 1 unspecified atom stereocenters. The monoisotopic (exact) mass is 240 g/mol. The summed E-state index contributed by atoms with van der Waals surface area (Å²) in [6.07, 6.45) is 5.95. The third kappa shape index (κ3) is 2.99. The largest absolute Gasteiger partial charge is 0.480 e. The lowest BCUT2D eigenvalue weighted by Gasteiger charge is -2.51. The van der Waals surface area contributed by atoms with Crippen LogP contribution in [0, 0.1) is 11.3 Å². The van der Waals surface area contributed by atoms with E-state index in [1.165, 1.54) is 25.7 Å². The zero-order valence-electron chi connectivity index (χ0n) is 10.7. The fraction of sp³-hybridized carbons (Fsp3) is 0.923. The van der Waals surface area contributed by atoms with E-state index >= 15 is 0 Å². The SMILES string of the molecule is CC1CC2(CCN(CCC(N)C(=O)O)CC2)C1. The molecule has 0 bridgehead atoms. The number of carbonyl (C=O) groups is 1. The Kier molecular flexibility index (Phi) is 3.73. The maximum absolute atomic E-state index is 10.6. The Morgan fingerprint density at radius 2 is 2.06 bits per heavy atom. The molecule has 1 atom stereocenters. The Morgan fingerprint density at radius 1 is 1.47 bits per heavy atom. The van der Waals surface area contributed by atoms with E-state index in [2.05, 4.69) is 11.8 Å². The second-order valence-corrected chi connectivity index (χ2v) is 6.09. The Balaban J connectivity index is 1.67. The van der Waals surface area contributed by atoms with Crippen molar-refractivity contribution in [3.8, 4) is 0 Å². The molecule has 3 N–H and O–H groups in total. The molecule has 1 aliphatic heterocycles. The molecule has 17 heavy (non-hydrogen) atoms. The van der Waals surface area contributed by atoms with Gasteiger partial charge in [-0.05, 0) is 56.5 Å². The summed E-state index contributed by atoms with van der Waals surface area (Å²) in [7, 11) is 0. The molecule has 0 aromatic carbocycles. The number of hydrogen-bond donors (Lipinski definition) is 2. The Hall–Kier alpha value is -0.610. The number of aliphatic carboxylic acids is 1. The standard InChI is InChI=1S/C13H24N2O2/c1-10-8-13(9-10)3-6-15(7-4-13)5-2-11(14)12(16)17/h10-11H,2-9,14H2,1H3,(H,16,17). The van der Waals surface area contributed by atoms with Crippen molar-refractivity contribution in [3.05, 3.63) is 0 Å². The maximum atomic E-state index is 10.6. The van der Waals surface area contributed by atoms with E-state index in [1.807, 2.05) is 0 Å². The van der Waals surface area contributed by atoms with Crippen LogP contribution in [0.2, 0.25) is 0 Å². The van der Waals surface area contributed by atoms with Gasteiger partial charge in [0.1, 0.15) is 6.04 Å². The van der Waals surface area contributed by atoms with Crippen LogP contribution >= 0.6 is 0 Å². The van der Waals surface area contributed by atoms with Crippen molar-refractivity contribution < 1.29 is 9.90 Å². The van der Waals surface area contributed by atoms with E-state index < -0.39 is 12.0 Å². The first-order valence-corrected chi connectivity index (χ1v) is 6.71. The number of carboxylic acid groups (broad SMARTS) is 1. The fourth-order valence-corrected chi connectivity index (χ4v) is 3.52. The molecule has 1 heterocycles. The van der Waals surface area contributed by atoms with E-state index in [4.69, 9.17) is 10.8 Å². The average Bonchev–Trinajstić information content (AvgIpc) is 2.26. The van der Waals surface area contributed by atoms with Gasteiger partial charge in [0.05, 0.1) is 0 Å². The van der Waals surface area contributed by atoms with Crippen molar-refractivity contribution in [2.45, 2.75) is 45.1 Å². The smallest absolute Gasteiger partial charge is 0.320 e. The summed E-state index contributed by atoms with van der Waals surface area (Å²) >= 11 is 0. The van der Waals surface area contributed by atoms with Crippen molar-refractivity contribution >= 4 is 5.97 Å². The Bertz CT molecular complexity index is 277. The van der Waals surface area contributed by atoms with Crippen molar-refractivity contribution in [1.29, 1.82) is 0 Å². The van der Waals surface area contributed by atoms with E-state index in [0.717, 1.165) is 25.6 Å². The molecule has 4 nitrogen and oxygen atoms in total. The van der Waals surface area contributed by atoms with Crippen LogP contribution in [0.15, 0.2) is 0 Å². The van der Waals surface area contributed by atoms with Gasteiger partial charge in [-0.2, -0.15) is 0 Å². The van der Waals surface area contributed by atoms with Crippen molar-refractivity contribution in [3.63, 3.8) is 0 Å². The topological polar surface area (TPSA) is 66.6 Å². The number of piperidine rings is 1. The Morgan fingerprint density at radius 3 is 2.53 bits per heavy atom. The van der Waals surface area contributed by atoms with Gasteiger partial charge >= 0.3 is 5.97 Å². The molecular weight excluding hydrogens is 216 g/mol. The van der Waals surface area contributed by atoms with Crippen LogP contribution in [0.3, 0.4) is 0 Å². The summed E-state index contributed by atoms with van der Waals surface area (Å²) in [6, 6.07) is -0.699. The lowest BCUT2D eigenvalue weighted by molar-refractivity contribution is -0.138. The van der Waals surface area contributed by atoms with Crippen LogP contribution in [-0.4, -0.2) is 41.7 Å². The van der Waals surface area contributed by atoms with Gasteiger partial charge in [0, 0.05) is 6.54 Å². The van der Waals surface area contributed by atoms with E-state index in [0.29, 0.717) is 11.8 Å². The molecule has 98 valence electrons. The first-order valence-electron chi connectivity index (χ1n) is 6.71. The quantitative estimate of drug-likeness (QED) is 0.777. The zero-order chi connectivity index (χ0) is 12.5. The summed E-state index contributed by atoms with van der Waals surface area (Å²) in [5.74, 6) is 0.0354. The highest BCUT2D eigenvalue weighted by atomic mass is 16.4. The fourth-order valence-electron chi connectivity index (χ4n) is 3.52. The highest BCUT2D eigenvalue weighted by molar-refractivity contribution is 5.72. The van der Waals surface area contributed by atoms with Gasteiger partial charge in [-0.25, -0.2) is 0 Å². The number of carboxylic acids is 1. The summed E-state index contributed by atoms with van der Waals surface area (Å²) in [5, 5.41) is 8.73. The molecule has 1 saturated heterocycles. The Labute approximate surface area is 103 Å². The minimum absolute atomic E-state index is 0.568. The third-order valence-electron chi connectivity index (χ3n) is 4.55. The molecule has 4 heteroatoms. The lowest BCUT2D eigenvalue weighted by atomic mass is 9.58. The van der Waals surface area contributed by atoms with Crippen LogP contribution in [0.4, 0.5) is 0 Å². The normalized spacial score (nSPS) is 26.7. The second-order valence-electron chi connectivity index (χ2n) is 6.09. The predicted octanol–water partition coefficient (Wildman–Crippen LogP) is 1.30. The molecular formula is C13H24N2O2. The molecule has 1 saturated carbocycles. The summed E-state index contributed by atoms with van der Waals surface area (Å²) in [4.78, 5) is 13.0. The van der Waals surface area contributed by atoms with Gasteiger partial charge < -0.3 is 15.7 Å². The maximum Gasteiger partial charge on any atom is 0.320 e. The first kappa shape index (κ1) is 12.8. The van der Waals surface area contributed by atoms with Crippen molar-refractivity contribution in [2.24, 2.45) is 17.1 Å². The summed E-state index contributed by atoms with van der Waals surface area (Å²) in [6.45, 7) is 5.42. The van der Waals surface area contributed by atoms with Gasteiger partial charge in [-0.3, -0.25) is 4.79 Å². The molecule has 2 fully saturated rings. The highest BCUT2D eigenvalue weighted by Gasteiger charge is 2.43. The average molecular weight is 240 g/mol. The number of nitrogens with zero attached hydrogens (tertiary/aromatic N) is 1. The third-order valence-corrected chi connectivity index (χ3v) is 4.55. The van der Waals surface area contributed by atoms with Crippen LogP contribution < -0.4 is 5.73 Å². The molecule has 0 aromatic heterocycles. The van der Waals surface area contributed by atoms with Crippen LogP contribution in [0.25, 0.3) is 0 Å². The minimum Gasteiger partial charge on any atom is -0.480 e. The highest BCUT2D eigenvalue weighted by Crippen LogP contribution is 2.52. The van der Waals surface area contributed by atoms with Gasteiger partial charge in [0.2, 0.25) is 0 Å². The molecule has 0 radical (unpaired) electrons. The molecule has 1 aliphatic carbocycles. The van der Waals surface area contributed by atoms with Crippen LogP contribution in [-0.2, 0) is 4.79 Å². The molecule has 2 aliphatic rings.